The quantitative estimate of drug-likeness (QED) is 0.695. The normalized spacial score (nSPS) is 34.3. The fourth-order valence-corrected chi connectivity index (χ4v) is 2.75. The standard InChI is InChI=1S/C12H21NO2/c1-2-10-9-15-8-7-13(10)11-5-3-4-6-12(11)14/h10-11H,2-9H2,1H3. The molecule has 1 heterocycles. The van der Waals surface area contributed by atoms with Gasteiger partial charge in [0.05, 0.1) is 19.3 Å². The molecule has 0 aromatic rings. The summed E-state index contributed by atoms with van der Waals surface area (Å²) >= 11 is 0. The van der Waals surface area contributed by atoms with Gasteiger partial charge in [0, 0.05) is 19.0 Å². The number of rotatable bonds is 2. The predicted molar refractivity (Wildman–Crippen MR) is 58.9 cm³/mol. The lowest BCUT2D eigenvalue weighted by Gasteiger charge is -2.41. The Morgan fingerprint density at radius 3 is 3.07 bits per heavy atom. The second kappa shape index (κ2) is 5.08. The van der Waals surface area contributed by atoms with E-state index in [4.69, 9.17) is 4.74 Å². The fraction of sp³-hybridized carbons (Fsp3) is 0.917. The second-order valence-corrected chi connectivity index (χ2v) is 4.60. The first-order valence-electron chi connectivity index (χ1n) is 6.19. The van der Waals surface area contributed by atoms with E-state index >= 15 is 0 Å². The minimum Gasteiger partial charge on any atom is -0.378 e. The summed E-state index contributed by atoms with van der Waals surface area (Å²) in [7, 11) is 0. The molecule has 0 N–H and O–H groups in total. The molecular weight excluding hydrogens is 190 g/mol. The van der Waals surface area contributed by atoms with Gasteiger partial charge < -0.3 is 4.74 Å². The summed E-state index contributed by atoms with van der Waals surface area (Å²) in [6, 6.07) is 0.665. The van der Waals surface area contributed by atoms with Gasteiger partial charge in [-0.25, -0.2) is 0 Å². The lowest BCUT2D eigenvalue weighted by atomic mass is 9.91. The van der Waals surface area contributed by atoms with Gasteiger partial charge >= 0.3 is 0 Å². The molecule has 3 heteroatoms. The van der Waals surface area contributed by atoms with Crippen molar-refractivity contribution in [1.82, 2.24) is 4.90 Å². The Bertz CT molecular complexity index is 230. The maximum atomic E-state index is 11.9. The SMILES string of the molecule is CCC1COCCN1C1CCCCC1=O. The van der Waals surface area contributed by atoms with Crippen LogP contribution in [-0.2, 0) is 9.53 Å². The summed E-state index contributed by atoms with van der Waals surface area (Å²) in [5.41, 5.74) is 0. The van der Waals surface area contributed by atoms with Gasteiger partial charge in [-0.1, -0.05) is 13.3 Å². The zero-order valence-corrected chi connectivity index (χ0v) is 9.58. The number of carbonyl (C=O) groups excluding carboxylic acids is 1. The number of ether oxygens (including phenoxy) is 1. The van der Waals surface area contributed by atoms with Crippen molar-refractivity contribution in [2.75, 3.05) is 19.8 Å². The maximum Gasteiger partial charge on any atom is 0.149 e. The van der Waals surface area contributed by atoms with Crippen molar-refractivity contribution in [1.29, 1.82) is 0 Å². The first-order chi connectivity index (χ1) is 7.33. The van der Waals surface area contributed by atoms with E-state index in [0.717, 1.165) is 45.4 Å². The maximum absolute atomic E-state index is 11.9. The monoisotopic (exact) mass is 211 g/mol. The molecule has 15 heavy (non-hydrogen) atoms. The molecule has 2 fully saturated rings. The number of ketones is 1. The van der Waals surface area contributed by atoms with Gasteiger partial charge in [0.2, 0.25) is 0 Å². The summed E-state index contributed by atoms with van der Waals surface area (Å²) in [6.07, 6.45) is 5.25. The molecule has 1 saturated carbocycles. The third-order valence-electron chi connectivity index (χ3n) is 3.67. The van der Waals surface area contributed by atoms with E-state index in [9.17, 15) is 4.79 Å². The second-order valence-electron chi connectivity index (χ2n) is 4.60. The van der Waals surface area contributed by atoms with Crippen LogP contribution in [-0.4, -0.2) is 42.5 Å². The average Bonchev–Trinajstić information content (AvgIpc) is 2.30. The van der Waals surface area contributed by atoms with Crippen molar-refractivity contribution < 1.29 is 9.53 Å². The van der Waals surface area contributed by atoms with Crippen LogP contribution < -0.4 is 0 Å². The lowest BCUT2D eigenvalue weighted by Crippen LogP contribution is -2.54. The largest absolute Gasteiger partial charge is 0.378 e. The highest BCUT2D eigenvalue weighted by Gasteiger charge is 2.33. The van der Waals surface area contributed by atoms with Gasteiger partial charge in [-0.2, -0.15) is 0 Å². The summed E-state index contributed by atoms with van der Waals surface area (Å²) in [5.74, 6) is 0.460. The lowest BCUT2D eigenvalue weighted by molar-refractivity contribution is -0.130. The van der Waals surface area contributed by atoms with Crippen LogP contribution >= 0.6 is 0 Å². The Morgan fingerprint density at radius 2 is 2.33 bits per heavy atom. The third kappa shape index (κ3) is 2.40. The third-order valence-corrected chi connectivity index (χ3v) is 3.67. The molecule has 2 aliphatic rings. The van der Waals surface area contributed by atoms with Crippen molar-refractivity contribution in [3.8, 4) is 0 Å². The molecule has 3 nitrogen and oxygen atoms in total. The highest BCUT2D eigenvalue weighted by atomic mass is 16.5. The highest BCUT2D eigenvalue weighted by molar-refractivity contribution is 5.84. The molecule has 1 saturated heterocycles. The van der Waals surface area contributed by atoms with Crippen LogP contribution in [0.2, 0.25) is 0 Å². The molecule has 1 aliphatic carbocycles. The summed E-state index contributed by atoms with van der Waals surface area (Å²) in [5, 5.41) is 0. The molecule has 0 spiro atoms. The van der Waals surface area contributed by atoms with Gasteiger partial charge in [-0.05, 0) is 19.3 Å². The molecule has 0 aromatic heterocycles. The molecule has 0 radical (unpaired) electrons. The first-order valence-corrected chi connectivity index (χ1v) is 6.19. The highest BCUT2D eigenvalue weighted by Crippen LogP contribution is 2.24. The Balaban J connectivity index is 2.02. The van der Waals surface area contributed by atoms with Crippen molar-refractivity contribution in [3.63, 3.8) is 0 Å². The number of Topliss-reactive ketones (excluding diaryl/α,β-unsaturated/α-hetero) is 1. The number of hydrogen-bond donors (Lipinski definition) is 0. The molecule has 2 atom stereocenters. The van der Waals surface area contributed by atoms with E-state index < -0.39 is 0 Å². The topological polar surface area (TPSA) is 29.5 Å². The molecule has 0 aromatic carbocycles. The van der Waals surface area contributed by atoms with Crippen molar-refractivity contribution in [2.45, 2.75) is 51.1 Å². The average molecular weight is 211 g/mol. The predicted octanol–water partition coefficient (Wildman–Crippen LogP) is 1.61. The molecule has 2 unspecified atom stereocenters. The van der Waals surface area contributed by atoms with Gasteiger partial charge in [0.25, 0.3) is 0 Å². The van der Waals surface area contributed by atoms with Gasteiger partial charge in [0.1, 0.15) is 5.78 Å². The zero-order chi connectivity index (χ0) is 10.7. The molecule has 0 bridgehead atoms. The van der Waals surface area contributed by atoms with E-state index in [0.29, 0.717) is 11.8 Å². The zero-order valence-electron chi connectivity index (χ0n) is 9.58. The molecule has 0 amide bonds. The van der Waals surface area contributed by atoms with Gasteiger partial charge in [0.15, 0.2) is 0 Å². The fourth-order valence-electron chi connectivity index (χ4n) is 2.75. The Labute approximate surface area is 91.8 Å². The molecule has 2 rings (SSSR count). The van der Waals surface area contributed by atoms with Crippen molar-refractivity contribution >= 4 is 5.78 Å². The van der Waals surface area contributed by atoms with Crippen LogP contribution in [0.4, 0.5) is 0 Å². The smallest absolute Gasteiger partial charge is 0.149 e. The molecule has 86 valence electrons. The summed E-state index contributed by atoms with van der Waals surface area (Å²) in [6.45, 7) is 4.72. The van der Waals surface area contributed by atoms with Crippen LogP contribution in [0.3, 0.4) is 0 Å². The number of morpholine rings is 1. The van der Waals surface area contributed by atoms with Crippen LogP contribution in [0.5, 0.6) is 0 Å². The van der Waals surface area contributed by atoms with Gasteiger partial charge in [-0.3, -0.25) is 9.69 Å². The number of carbonyl (C=O) groups is 1. The van der Waals surface area contributed by atoms with E-state index in [-0.39, 0.29) is 6.04 Å². The van der Waals surface area contributed by atoms with E-state index in [1.807, 2.05) is 0 Å². The minimum absolute atomic E-state index is 0.201. The van der Waals surface area contributed by atoms with Crippen molar-refractivity contribution in [2.24, 2.45) is 0 Å². The summed E-state index contributed by atoms with van der Waals surface area (Å²) < 4.78 is 5.48. The summed E-state index contributed by atoms with van der Waals surface area (Å²) in [4.78, 5) is 14.3. The number of nitrogens with zero attached hydrogens (tertiary/aromatic N) is 1. The van der Waals surface area contributed by atoms with Crippen LogP contribution in [0, 0.1) is 0 Å². The first kappa shape index (κ1) is 11.1. The van der Waals surface area contributed by atoms with E-state index in [1.54, 1.807) is 0 Å². The Kier molecular flexibility index (Phi) is 3.76. The molecular formula is C12H21NO2. The van der Waals surface area contributed by atoms with Gasteiger partial charge in [-0.15, -0.1) is 0 Å². The molecule has 1 aliphatic heterocycles. The van der Waals surface area contributed by atoms with Crippen LogP contribution in [0.25, 0.3) is 0 Å². The van der Waals surface area contributed by atoms with Crippen LogP contribution in [0.1, 0.15) is 39.0 Å². The van der Waals surface area contributed by atoms with E-state index in [1.165, 1.54) is 6.42 Å². The van der Waals surface area contributed by atoms with E-state index in [2.05, 4.69) is 11.8 Å². The number of hydrogen-bond acceptors (Lipinski definition) is 3. The minimum atomic E-state index is 0.201. The van der Waals surface area contributed by atoms with Crippen LogP contribution in [0.15, 0.2) is 0 Å². The Morgan fingerprint density at radius 1 is 1.47 bits per heavy atom. The Hall–Kier alpha value is -0.410. The van der Waals surface area contributed by atoms with Crippen molar-refractivity contribution in [3.05, 3.63) is 0 Å².